The lowest BCUT2D eigenvalue weighted by Crippen LogP contribution is -2.39. The summed E-state index contributed by atoms with van der Waals surface area (Å²) >= 11 is 0. The molecule has 5 rings (SSSR count). The Bertz CT molecular complexity index is 1730. The predicted octanol–water partition coefficient (Wildman–Crippen LogP) is 5.94. The molecule has 1 aromatic carbocycles. The van der Waals surface area contributed by atoms with Crippen molar-refractivity contribution in [3.05, 3.63) is 69.5 Å². The van der Waals surface area contributed by atoms with Gasteiger partial charge in [0.25, 0.3) is 5.56 Å². The number of benzene rings is 1. The van der Waals surface area contributed by atoms with Gasteiger partial charge in [-0.1, -0.05) is 6.07 Å². The highest BCUT2D eigenvalue weighted by Crippen LogP contribution is 2.29. The van der Waals surface area contributed by atoms with Gasteiger partial charge in [-0.3, -0.25) is 4.79 Å². The highest BCUT2D eigenvalue weighted by Gasteiger charge is 2.28. The molecular weight excluding hydrogens is 544 g/mol. The van der Waals surface area contributed by atoms with Crippen LogP contribution in [0.5, 0.6) is 0 Å². The third kappa shape index (κ3) is 5.70. The molecule has 4 aromatic rings. The lowest BCUT2D eigenvalue weighted by Gasteiger charge is -2.31. The van der Waals surface area contributed by atoms with Crippen LogP contribution in [0.15, 0.2) is 41.3 Å². The van der Waals surface area contributed by atoms with Gasteiger partial charge >= 0.3 is 6.09 Å². The summed E-state index contributed by atoms with van der Waals surface area (Å²) in [5.41, 5.74) is -0.314. The number of rotatable bonds is 5. The van der Waals surface area contributed by atoms with Crippen molar-refractivity contribution >= 4 is 28.8 Å². The Morgan fingerprint density at radius 2 is 1.81 bits per heavy atom. The number of alkyl halides is 1. The van der Waals surface area contributed by atoms with Crippen molar-refractivity contribution in [2.75, 3.05) is 11.9 Å². The predicted molar refractivity (Wildman–Crippen MR) is 155 cm³/mol. The highest BCUT2D eigenvalue weighted by atomic mass is 19.1. The average Bonchev–Trinajstić information content (AvgIpc) is 3.18. The summed E-state index contributed by atoms with van der Waals surface area (Å²) in [5.74, 6) is -0.417. The SMILES string of the molecule is CC(C)n1c(=O)c2cnc(Nc3ccc4c(c3)CN(C(=O)OC(C)(C)C)CC4)nc2n1-c1ccc(F)c(C(C)(C)F)n1. The van der Waals surface area contributed by atoms with E-state index in [4.69, 9.17) is 4.74 Å². The van der Waals surface area contributed by atoms with Crippen LogP contribution in [0, 0.1) is 5.82 Å². The van der Waals surface area contributed by atoms with Crippen LogP contribution in [-0.4, -0.2) is 47.5 Å². The van der Waals surface area contributed by atoms with Gasteiger partial charge in [-0.2, -0.15) is 4.98 Å². The van der Waals surface area contributed by atoms with Crippen molar-refractivity contribution in [2.24, 2.45) is 0 Å². The van der Waals surface area contributed by atoms with E-state index in [2.05, 4.69) is 20.3 Å². The fourth-order valence-corrected chi connectivity index (χ4v) is 4.96. The lowest BCUT2D eigenvalue weighted by atomic mass is 9.99. The number of carbonyl (C=O) groups excluding carboxylic acids is 1. The molecule has 0 atom stereocenters. The molecule has 0 aliphatic carbocycles. The van der Waals surface area contributed by atoms with E-state index in [1.165, 1.54) is 35.5 Å². The van der Waals surface area contributed by atoms with E-state index in [1.807, 2.05) is 52.8 Å². The second-order valence-electron chi connectivity index (χ2n) is 12.2. The Morgan fingerprint density at radius 3 is 2.48 bits per heavy atom. The molecule has 0 saturated carbocycles. The molecule has 1 aliphatic heterocycles. The molecule has 1 N–H and O–H groups in total. The van der Waals surface area contributed by atoms with Crippen molar-refractivity contribution in [2.45, 2.75) is 78.7 Å². The molecule has 0 saturated heterocycles. The van der Waals surface area contributed by atoms with Gasteiger partial charge < -0.3 is 15.0 Å². The molecule has 10 nitrogen and oxygen atoms in total. The van der Waals surface area contributed by atoms with E-state index in [0.717, 1.165) is 17.2 Å². The fourth-order valence-electron chi connectivity index (χ4n) is 4.96. The first kappa shape index (κ1) is 29.2. The summed E-state index contributed by atoms with van der Waals surface area (Å²) in [5, 5.41) is 3.42. The number of nitrogens with one attached hydrogen (secondary N) is 1. The molecule has 0 spiro atoms. The van der Waals surface area contributed by atoms with Crippen LogP contribution < -0.4 is 10.9 Å². The summed E-state index contributed by atoms with van der Waals surface area (Å²) in [7, 11) is 0. The third-order valence-corrected chi connectivity index (χ3v) is 6.85. The maximum Gasteiger partial charge on any atom is 0.410 e. The zero-order valence-electron chi connectivity index (χ0n) is 24.8. The van der Waals surface area contributed by atoms with Crippen molar-refractivity contribution in [3.8, 4) is 5.82 Å². The van der Waals surface area contributed by atoms with Gasteiger partial charge in [0.2, 0.25) is 5.95 Å². The van der Waals surface area contributed by atoms with Crippen LogP contribution in [0.25, 0.3) is 16.9 Å². The number of pyridine rings is 1. The maximum absolute atomic E-state index is 14.8. The molecule has 3 aromatic heterocycles. The molecular formula is C30H35F2N7O3. The normalized spacial score (nSPS) is 13.9. The van der Waals surface area contributed by atoms with Gasteiger partial charge in [-0.15, -0.1) is 0 Å². The summed E-state index contributed by atoms with van der Waals surface area (Å²) in [6, 6.07) is 8.04. The number of nitrogens with zero attached hydrogens (tertiary/aromatic N) is 6. The summed E-state index contributed by atoms with van der Waals surface area (Å²) in [6.45, 7) is 12.6. The van der Waals surface area contributed by atoms with Gasteiger partial charge in [0.05, 0.1) is 0 Å². The quantitative estimate of drug-likeness (QED) is 0.312. The van der Waals surface area contributed by atoms with E-state index >= 15 is 0 Å². The van der Waals surface area contributed by atoms with Gasteiger partial charge in [-0.05, 0) is 90.3 Å². The van der Waals surface area contributed by atoms with E-state index < -0.39 is 17.1 Å². The largest absolute Gasteiger partial charge is 0.444 e. The number of amides is 1. The standard InChI is InChI=1S/C30H35F2N7O3/c1-17(2)38-26(40)21-15-33-27(36-25(21)39(38)23-11-10-22(31)24(35-23)30(6,7)32)34-20-9-8-18-12-13-37(16-19(18)14-20)28(41)42-29(3,4)5/h8-11,14-15,17H,12-13,16H2,1-7H3,(H,33,34,36). The minimum atomic E-state index is -2.04. The van der Waals surface area contributed by atoms with E-state index in [9.17, 15) is 18.4 Å². The zero-order valence-corrected chi connectivity index (χ0v) is 24.8. The Balaban J connectivity index is 1.51. The molecule has 4 heterocycles. The molecule has 0 bridgehead atoms. The first-order valence-electron chi connectivity index (χ1n) is 13.9. The van der Waals surface area contributed by atoms with Crippen LogP contribution in [0.4, 0.5) is 25.2 Å². The maximum atomic E-state index is 14.8. The average molecular weight is 580 g/mol. The zero-order chi connectivity index (χ0) is 30.6. The highest BCUT2D eigenvalue weighted by molar-refractivity contribution is 5.77. The molecule has 222 valence electrons. The Hall–Kier alpha value is -4.35. The van der Waals surface area contributed by atoms with Crippen LogP contribution in [0.1, 0.15) is 71.3 Å². The monoisotopic (exact) mass is 579 g/mol. The topological polar surface area (TPSA) is 107 Å². The Kier molecular flexibility index (Phi) is 7.28. The molecule has 42 heavy (non-hydrogen) atoms. The van der Waals surface area contributed by atoms with Crippen LogP contribution in [0.2, 0.25) is 0 Å². The molecule has 1 aliphatic rings. The number of fused-ring (bicyclic) bond motifs is 2. The number of halogens is 2. The van der Waals surface area contributed by atoms with E-state index in [0.29, 0.717) is 25.2 Å². The van der Waals surface area contributed by atoms with Gasteiger partial charge in [-0.25, -0.2) is 32.9 Å². The number of aromatic nitrogens is 5. The first-order chi connectivity index (χ1) is 19.6. The lowest BCUT2D eigenvalue weighted by molar-refractivity contribution is 0.0224. The minimum absolute atomic E-state index is 0.151. The number of hydrogen-bond donors (Lipinski definition) is 1. The van der Waals surface area contributed by atoms with E-state index in [1.54, 1.807) is 4.90 Å². The number of carbonyl (C=O) groups is 1. The van der Waals surface area contributed by atoms with Crippen molar-refractivity contribution in [1.29, 1.82) is 0 Å². The molecule has 1 amide bonds. The second-order valence-corrected chi connectivity index (χ2v) is 12.2. The summed E-state index contributed by atoms with van der Waals surface area (Å²) in [4.78, 5) is 40.9. The van der Waals surface area contributed by atoms with Crippen molar-refractivity contribution in [3.63, 3.8) is 0 Å². The van der Waals surface area contributed by atoms with E-state index in [-0.39, 0.29) is 46.2 Å². The van der Waals surface area contributed by atoms with Gasteiger partial charge in [0.15, 0.2) is 11.5 Å². The van der Waals surface area contributed by atoms with Gasteiger partial charge in [0, 0.05) is 31.0 Å². The van der Waals surface area contributed by atoms with Crippen molar-refractivity contribution in [1.82, 2.24) is 29.2 Å². The molecule has 0 radical (unpaired) electrons. The minimum Gasteiger partial charge on any atom is -0.444 e. The Labute approximate surface area is 242 Å². The fraction of sp³-hybridized carbons (Fsp3) is 0.433. The van der Waals surface area contributed by atoms with Crippen LogP contribution >= 0.6 is 0 Å². The van der Waals surface area contributed by atoms with Crippen LogP contribution in [0.3, 0.4) is 0 Å². The number of anilines is 2. The smallest absolute Gasteiger partial charge is 0.410 e. The first-order valence-corrected chi connectivity index (χ1v) is 13.9. The molecule has 0 unspecified atom stereocenters. The number of hydrogen-bond acceptors (Lipinski definition) is 7. The molecule has 12 heteroatoms. The Morgan fingerprint density at radius 1 is 1.07 bits per heavy atom. The van der Waals surface area contributed by atoms with Crippen molar-refractivity contribution < 1.29 is 18.3 Å². The van der Waals surface area contributed by atoms with Crippen LogP contribution in [-0.2, 0) is 23.4 Å². The summed E-state index contributed by atoms with van der Waals surface area (Å²) in [6.07, 6.45) is 1.77. The van der Waals surface area contributed by atoms with Gasteiger partial charge in [0.1, 0.15) is 28.2 Å². The second kappa shape index (κ2) is 10.5. The molecule has 0 fully saturated rings. The third-order valence-electron chi connectivity index (χ3n) is 6.85. The summed E-state index contributed by atoms with van der Waals surface area (Å²) < 4.78 is 37.7. The number of ether oxygens (including phenoxy) is 1.